The molecule has 0 radical (unpaired) electrons. The Balaban J connectivity index is 2.30. The summed E-state index contributed by atoms with van der Waals surface area (Å²) in [7, 11) is 0. The van der Waals surface area contributed by atoms with Crippen molar-refractivity contribution in [2.24, 2.45) is 0 Å². The number of rotatable bonds is 4. The number of amides is 1. The minimum Gasteiger partial charge on any atom is -0.325 e. The number of nitrogens with zero attached hydrogens (tertiary/aromatic N) is 1. The summed E-state index contributed by atoms with van der Waals surface area (Å²) < 4.78 is 38.8. The topological polar surface area (TPSA) is 20.3 Å². The van der Waals surface area contributed by atoms with Gasteiger partial charge in [0.05, 0.1) is 10.6 Å². The number of thiophene rings is 1. The fourth-order valence-electron chi connectivity index (χ4n) is 1.85. The maximum Gasteiger partial charge on any atom is 0.406 e. The van der Waals surface area contributed by atoms with Crippen molar-refractivity contribution in [3.63, 3.8) is 0 Å². The summed E-state index contributed by atoms with van der Waals surface area (Å²) in [5.74, 6) is -0.755. The second kappa shape index (κ2) is 7.02. The number of carbonyl (C=O) groups excluding carboxylic acids is 1. The smallest absolute Gasteiger partial charge is 0.325 e. The standard InChI is InChI=1S/C14H10BrClF3NOS/c15-10-1-2-12(16)11(5-10)13(21)20(8-14(17,18)19)6-9-3-4-22-7-9/h1-5,7H,6,8H2. The largest absolute Gasteiger partial charge is 0.406 e. The molecule has 0 aliphatic carbocycles. The number of carbonyl (C=O) groups is 1. The van der Waals surface area contributed by atoms with E-state index in [-0.39, 0.29) is 17.1 Å². The average molecular weight is 413 g/mol. The van der Waals surface area contributed by atoms with Crippen LogP contribution in [0.4, 0.5) is 13.2 Å². The molecule has 0 aliphatic heterocycles. The van der Waals surface area contributed by atoms with Crippen molar-refractivity contribution in [1.29, 1.82) is 0 Å². The summed E-state index contributed by atoms with van der Waals surface area (Å²) in [6, 6.07) is 6.19. The zero-order valence-electron chi connectivity index (χ0n) is 11.0. The van der Waals surface area contributed by atoms with Crippen LogP contribution in [0.3, 0.4) is 0 Å². The van der Waals surface area contributed by atoms with Crippen LogP contribution in [0.25, 0.3) is 0 Å². The Bertz CT molecular complexity index is 661. The van der Waals surface area contributed by atoms with E-state index in [2.05, 4.69) is 15.9 Å². The highest BCUT2D eigenvalue weighted by Gasteiger charge is 2.34. The van der Waals surface area contributed by atoms with Crippen LogP contribution in [-0.4, -0.2) is 23.5 Å². The molecule has 0 atom stereocenters. The summed E-state index contributed by atoms with van der Waals surface area (Å²) in [5, 5.41) is 3.57. The molecule has 0 bridgehead atoms. The monoisotopic (exact) mass is 411 g/mol. The molecule has 0 saturated heterocycles. The molecule has 2 rings (SSSR count). The lowest BCUT2D eigenvalue weighted by Gasteiger charge is -2.24. The number of hydrogen-bond donors (Lipinski definition) is 0. The molecule has 22 heavy (non-hydrogen) atoms. The van der Waals surface area contributed by atoms with Crippen LogP contribution >= 0.6 is 38.9 Å². The Morgan fingerprint density at radius 2 is 2.05 bits per heavy atom. The van der Waals surface area contributed by atoms with Crippen molar-refractivity contribution in [2.75, 3.05) is 6.54 Å². The summed E-state index contributed by atoms with van der Waals surface area (Å²) >= 11 is 10.5. The van der Waals surface area contributed by atoms with Gasteiger partial charge in [0.15, 0.2) is 0 Å². The van der Waals surface area contributed by atoms with Crippen LogP contribution in [0.5, 0.6) is 0 Å². The third-order valence-corrected chi connectivity index (χ3v) is 4.32. The SMILES string of the molecule is O=C(c1cc(Br)ccc1Cl)N(Cc1ccsc1)CC(F)(F)F. The second-order valence-corrected chi connectivity index (χ2v) is 6.64. The van der Waals surface area contributed by atoms with E-state index in [1.807, 2.05) is 0 Å². The third-order valence-electron chi connectivity index (χ3n) is 2.77. The quantitative estimate of drug-likeness (QED) is 0.661. The summed E-state index contributed by atoms with van der Waals surface area (Å²) in [6.07, 6.45) is -4.48. The molecule has 2 aromatic rings. The first-order valence-corrected chi connectivity index (χ1v) is 8.20. The molecule has 0 spiro atoms. The zero-order valence-corrected chi connectivity index (χ0v) is 14.2. The molecule has 1 amide bonds. The molecule has 0 aliphatic rings. The van der Waals surface area contributed by atoms with Gasteiger partial charge in [-0.2, -0.15) is 24.5 Å². The first-order chi connectivity index (χ1) is 10.3. The third kappa shape index (κ3) is 4.72. The van der Waals surface area contributed by atoms with Gasteiger partial charge in [-0.3, -0.25) is 4.79 Å². The minimum absolute atomic E-state index is 0.0375. The number of halogens is 5. The minimum atomic E-state index is -4.48. The Morgan fingerprint density at radius 1 is 1.32 bits per heavy atom. The Morgan fingerprint density at radius 3 is 2.64 bits per heavy atom. The fraction of sp³-hybridized carbons (Fsp3) is 0.214. The van der Waals surface area contributed by atoms with Gasteiger partial charge in [-0.05, 0) is 40.6 Å². The molecule has 2 nitrogen and oxygen atoms in total. The molecule has 1 aromatic heterocycles. The molecular formula is C14H10BrClF3NOS. The van der Waals surface area contributed by atoms with Gasteiger partial charge in [-0.1, -0.05) is 27.5 Å². The summed E-state index contributed by atoms with van der Waals surface area (Å²) in [5.41, 5.74) is 0.684. The van der Waals surface area contributed by atoms with E-state index in [9.17, 15) is 18.0 Å². The maximum absolute atomic E-state index is 12.8. The lowest BCUT2D eigenvalue weighted by molar-refractivity contribution is -0.141. The van der Waals surface area contributed by atoms with Crippen molar-refractivity contribution >= 4 is 44.8 Å². The fourth-order valence-corrected chi connectivity index (χ4v) is 3.07. The molecular weight excluding hydrogens is 403 g/mol. The van der Waals surface area contributed by atoms with Gasteiger partial charge in [0.25, 0.3) is 5.91 Å². The van der Waals surface area contributed by atoms with Gasteiger partial charge in [-0.15, -0.1) is 0 Å². The predicted octanol–water partition coefficient (Wildman–Crippen LogP) is 5.37. The van der Waals surface area contributed by atoms with Gasteiger partial charge < -0.3 is 4.90 Å². The normalized spacial score (nSPS) is 11.5. The van der Waals surface area contributed by atoms with Crippen LogP contribution in [0.15, 0.2) is 39.5 Å². The highest BCUT2D eigenvalue weighted by Crippen LogP contribution is 2.26. The first-order valence-electron chi connectivity index (χ1n) is 6.08. The van der Waals surface area contributed by atoms with Crippen molar-refractivity contribution in [3.8, 4) is 0 Å². The Kier molecular flexibility index (Phi) is 5.52. The number of hydrogen-bond acceptors (Lipinski definition) is 2. The molecule has 8 heteroatoms. The van der Waals surface area contributed by atoms with Crippen LogP contribution in [0.2, 0.25) is 5.02 Å². The van der Waals surface area contributed by atoms with Gasteiger partial charge in [0.2, 0.25) is 0 Å². The van der Waals surface area contributed by atoms with Crippen molar-refractivity contribution < 1.29 is 18.0 Å². The van der Waals surface area contributed by atoms with Crippen molar-refractivity contribution in [1.82, 2.24) is 4.90 Å². The summed E-state index contributed by atoms with van der Waals surface area (Å²) in [4.78, 5) is 13.2. The molecule has 0 unspecified atom stereocenters. The maximum atomic E-state index is 12.8. The summed E-state index contributed by atoms with van der Waals surface area (Å²) in [6.45, 7) is -1.45. The van der Waals surface area contributed by atoms with E-state index in [1.54, 1.807) is 22.9 Å². The van der Waals surface area contributed by atoms with Gasteiger partial charge in [0.1, 0.15) is 6.54 Å². The Hall–Kier alpha value is -1.05. The number of benzene rings is 1. The lowest BCUT2D eigenvalue weighted by Crippen LogP contribution is -2.38. The molecule has 0 N–H and O–H groups in total. The predicted molar refractivity (Wildman–Crippen MR) is 84.3 cm³/mol. The Labute approximate surface area is 142 Å². The molecule has 0 saturated carbocycles. The van der Waals surface area contributed by atoms with E-state index < -0.39 is 18.6 Å². The van der Waals surface area contributed by atoms with Crippen LogP contribution in [-0.2, 0) is 6.54 Å². The van der Waals surface area contributed by atoms with Gasteiger partial charge in [-0.25, -0.2) is 0 Å². The number of alkyl halides is 3. The molecule has 1 aromatic carbocycles. The highest BCUT2D eigenvalue weighted by molar-refractivity contribution is 9.10. The average Bonchev–Trinajstić information content (AvgIpc) is 2.91. The van der Waals surface area contributed by atoms with Crippen LogP contribution < -0.4 is 0 Å². The highest BCUT2D eigenvalue weighted by atomic mass is 79.9. The molecule has 0 fully saturated rings. The first kappa shape index (κ1) is 17.3. The van der Waals surface area contributed by atoms with Crippen LogP contribution in [0, 0.1) is 0 Å². The van der Waals surface area contributed by atoms with E-state index in [0.717, 1.165) is 4.90 Å². The zero-order chi connectivity index (χ0) is 16.3. The van der Waals surface area contributed by atoms with Crippen LogP contribution in [0.1, 0.15) is 15.9 Å². The van der Waals surface area contributed by atoms with E-state index >= 15 is 0 Å². The second-order valence-electron chi connectivity index (χ2n) is 4.53. The van der Waals surface area contributed by atoms with Crippen molar-refractivity contribution in [3.05, 3.63) is 55.6 Å². The molecule has 1 heterocycles. The van der Waals surface area contributed by atoms with E-state index in [4.69, 9.17) is 11.6 Å². The van der Waals surface area contributed by atoms with Crippen molar-refractivity contribution in [2.45, 2.75) is 12.7 Å². The van der Waals surface area contributed by atoms with Gasteiger partial charge in [0, 0.05) is 11.0 Å². The molecule has 118 valence electrons. The van der Waals surface area contributed by atoms with Gasteiger partial charge >= 0.3 is 6.18 Å². The lowest BCUT2D eigenvalue weighted by atomic mass is 10.2. The van der Waals surface area contributed by atoms with E-state index in [1.165, 1.54) is 23.5 Å². The van der Waals surface area contributed by atoms with E-state index in [0.29, 0.717) is 10.0 Å².